The van der Waals surface area contributed by atoms with Crippen LogP contribution in [0.3, 0.4) is 0 Å². The molecular formula is C11H21ClN2O3. The van der Waals surface area contributed by atoms with E-state index in [2.05, 4.69) is 10.6 Å². The lowest BCUT2D eigenvalue weighted by atomic mass is 10.2. The standard InChI is InChI=1S/C11H21ClN2O3/c1-8(12)9(15)13-6-5-7-14-10(16)17-11(2,3)4/h8H,5-7H2,1-4H3,(H,13,15)(H,14,16). The van der Waals surface area contributed by atoms with Gasteiger partial charge in [-0.1, -0.05) is 0 Å². The van der Waals surface area contributed by atoms with Crippen molar-refractivity contribution >= 4 is 23.6 Å². The number of alkyl halides is 1. The first-order valence-corrected chi connectivity index (χ1v) is 6.04. The number of hydrogen-bond donors (Lipinski definition) is 2. The summed E-state index contributed by atoms with van der Waals surface area (Å²) < 4.78 is 5.05. The molecule has 6 heteroatoms. The highest BCUT2D eigenvalue weighted by molar-refractivity contribution is 6.30. The second-order valence-corrected chi connectivity index (χ2v) is 5.34. The van der Waals surface area contributed by atoms with E-state index in [1.807, 2.05) is 0 Å². The highest BCUT2D eigenvalue weighted by Crippen LogP contribution is 2.06. The molecule has 1 atom stereocenters. The number of nitrogens with one attached hydrogen (secondary N) is 2. The van der Waals surface area contributed by atoms with Gasteiger partial charge in [0.15, 0.2) is 0 Å². The Hall–Kier alpha value is -0.970. The molecule has 0 aromatic rings. The fourth-order valence-electron chi connectivity index (χ4n) is 0.945. The summed E-state index contributed by atoms with van der Waals surface area (Å²) >= 11 is 5.56. The van der Waals surface area contributed by atoms with Gasteiger partial charge < -0.3 is 15.4 Å². The lowest BCUT2D eigenvalue weighted by molar-refractivity contribution is -0.120. The first-order chi connectivity index (χ1) is 7.72. The van der Waals surface area contributed by atoms with Crippen molar-refractivity contribution in [3.05, 3.63) is 0 Å². The van der Waals surface area contributed by atoms with Gasteiger partial charge in [-0.15, -0.1) is 11.6 Å². The molecule has 0 aliphatic rings. The summed E-state index contributed by atoms with van der Waals surface area (Å²) in [5, 5.41) is 4.70. The molecule has 0 spiro atoms. The molecule has 0 fully saturated rings. The molecule has 17 heavy (non-hydrogen) atoms. The smallest absolute Gasteiger partial charge is 0.407 e. The van der Waals surface area contributed by atoms with Crippen LogP contribution in [0.4, 0.5) is 4.79 Å². The van der Waals surface area contributed by atoms with Crippen LogP contribution in [0.2, 0.25) is 0 Å². The average Bonchev–Trinajstić information content (AvgIpc) is 2.13. The fourth-order valence-corrected chi connectivity index (χ4v) is 1.02. The lowest BCUT2D eigenvalue weighted by Crippen LogP contribution is -2.35. The minimum atomic E-state index is -0.534. The summed E-state index contributed by atoms with van der Waals surface area (Å²) in [4.78, 5) is 22.3. The zero-order valence-electron chi connectivity index (χ0n) is 10.8. The van der Waals surface area contributed by atoms with Gasteiger partial charge in [0.25, 0.3) is 0 Å². The monoisotopic (exact) mass is 264 g/mol. The summed E-state index contributed by atoms with van der Waals surface area (Å²) in [6.07, 6.45) is 0.184. The van der Waals surface area contributed by atoms with Crippen molar-refractivity contribution in [1.82, 2.24) is 10.6 Å². The summed E-state index contributed by atoms with van der Waals surface area (Å²) in [7, 11) is 0. The number of rotatable bonds is 5. The molecule has 5 nitrogen and oxygen atoms in total. The van der Waals surface area contributed by atoms with E-state index in [-0.39, 0.29) is 5.91 Å². The molecule has 1 unspecified atom stereocenters. The third-order valence-corrected chi connectivity index (χ3v) is 1.88. The zero-order chi connectivity index (χ0) is 13.5. The van der Waals surface area contributed by atoms with Crippen molar-refractivity contribution in [2.75, 3.05) is 13.1 Å². The van der Waals surface area contributed by atoms with Crippen LogP contribution in [0, 0.1) is 0 Å². The number of carbonyl (C=O) groups is 2. The van der Waals surface area contributed by atoms with Crippen LogP contribution in [-0.2, 0) is 9.53 Å². The van der Waals surface area contributed by atoms with Gasteiger partial charge in [0.2, 0.25) is 5.91 Å². The van der Waals surface area contributed by atoms with Crippen molar-refractivity contribution in [1.29, 1.82) is 0 Å². The Morgan fingerprint density at radius 1 is 1.24 bits per heavy atom. The highest BCUT2D eigenvalue weighted by Gasteiger charge is 2.15. The Labute approximate surface area is 107 Å². The van der Waals surface area contributed by atoms with Gasteiger partial charge in [-0.25, -0.2) is 4.79 Å². The van der Waals surface area contributed by atoms with Crippen LogP contribution in [-0.4, -0.2) is 36.1 Å². The van der Waals surface area contributed by atoms with E-state index >= 15 is 0 Å². The minimum absolute atomic E-state index is 0.205. The molecule has 2 amide bonds. The van der Waals surface area contributed by atoms with Crippen LogP contribution >= 0.6 is 11.6 Å². The lowest BCUT2D eigenvalue weighted by Gasteiger charge is -2.19. The van der Waals surface area contributed by atoms with E-state index in [1.54, 1.807) is 27.7 Å². The van der Waals surface area contributed by atoms with Crippen LogP contribution in [0.15, 0.2) is 0 Å². The number of hydrogen-bond acceptors (Lipinski definition) is 3. The zero-order valence-corrected chi connectivity index (χ0v) is 11.6. The Bertz CT molecular complexity index is 262. The summed E-state index contributed by atoms with van der Waals surface area (Å²) in [5.41, 5.74) is -0.494. The normalized spacial score (nSPS) is 12.8. The van der Waals surface area contributed by atoms with Gasteiger partial charge in [-0.3, -0.25) is 4.79 Å². The molecule has 0 aromatic carbocycles. The number of ether oxygens (including phenoxy) is 1. The van der Waals surface area contributed by atoms with Crippen LogP contribution in [0.1, 0.15) is 34.1 Å². The molecule has 0 bridgehead atoms. The van der Waals surface area contributed by atoms with Gasteiger partial charge in [0.05, 0.1) is 0 Å². The van der Waals surface area contributed by atoms with E-state index < -0.39 is 17.1 Å². The molecule has 0 heterocycles. The van der Waals surface area contributed by atoms with Crippen molar-refractivity contribution < 1.29 is 14.3 Å². The molecule has 0 aliphatic carbocycles. The molecule has 0 aliphatic heterocycles. The van der Waals surface area contributed by atoms with Gasteiger partial charge in [-0.05, 0) is 34.1 Å². The molecular weight excluding hydrogens is 244 g/mol. The predicted octanol–water partition coefficient (Wildman–Crippen LogP) is 1.64. The summed E-state index contributed by atoms with van der Waals surface area (Å²) in [6.45, 7) is 7.94. The Morgan fingerprint density at radius 3 is 2.24 bits per heavy atom. The molecule has 0 radical (unpaired) electrons. The third kappa shape index (κ3) is 9.93. The van der Waals surface area contributed by atoms with Gasteiger partial charge in [0, 0.05) is 13.1 Å². The minimum Gasteiger partial charge on any atom is -0.444 e. The molecule has 0 saturated carbocycles. The van der Waals surface area contributed by atoms with Gasteiger partial charge >= 0.3 is 6.09 Å². The van der Waals surface area contributed by atoms with Crippen molar-refractivity contribution in [3.63, 3.8) is 0 Å². The van der Waals surface area contributed by atoms with Gasteiger partial charge in [-0.2, -0.15) is 0 Å². The first-order valence-electron chi connectivity index (χ1n) is 5.61. The van der Waals surface area contributed by atoms with Crippen LogP contribution < -0.4 is 10.6 Å². The van der Waals surface area contributed by atoms with Crippen molar-refractivity contribution in [2.45, 2.75) is 45.1 Å². The second kappa shape index (κ2) is 7.37. The maximum Gasteiger partial charge on any atom is 0.407 e. The first kappa shape index (κ1) is 16.0. The quantitative estimate of drug-likeness (QED) is 0.586. The summed E-state index contributed by atoms with van der Waals surface area (Å²) in [5.74, 6) is -0.205. The van der Waals surface area contributed by atoms with E-state index in [4.69, 9.17) is 16.3 Å². The maximum atomic E-state index is 11.2. The third-order valence-electron chi connectivity index (χ3n) is 1.68. The SMILES string of the molecule is CC(Cl)C(=O)NCCCNC(=O)OC(C)(C)C. The van der Waals surface area contributed by atoms with Crippen LogP contribution in [0.5, 0.6) is 0 Å². The number of alkyl carbamates (subject to hydrolysis) is 1. The van der Waals surface area contributed by atoms with Crippen molar-refractivity contribution in [2.24, 2.45) is 0 Å². The molecule has 2 N–H and O–H groups in total. The maximum absolute atomic E-state index is 11.2. The number of amides is 2. The topological polar surface area (TPSA) is 67.4 Å². The van der Waals surface area contributed by atoms with E-state index in [0.717, 1.165) is 0 Å². The predicted molar refractivity (Wildman–Crippen MR) is 67.2 cm³/mol. The van der Waals surface area contributed by atoms with Crippen molar-refractivity contribution in [3.8, 4) is 0 Å². The summed E-state index contributed by atoms with van der Waals surface area (Å²) in [6, 6.07) is 0. The molecule has 0 aromatic heterocycles. The fraction of sp³-hybridized carbons (Fsp3) is 0.818. The average molecular weight is 265 g/mol. The molecule has 0 rings (SSSR count). The van der Waals surface area contributed by atoms with E-state index in [9.17, 15) is 9.59 Å². The Balaban J connectivity index is 3.53. The highest BCUT2D eigenvalue weighted by atomic mass is 35.5. The number of halogens is 1. The molecule has 0 saturated heterocycles. The van der Waals surface area contributed by atoms with E-state index in [1.165, 1.54) is 0 Å². The molecule has 100 valence electrons. The number of carbonyl (C=O) groups excluding carboxylic acids is 2. The Morgan fingerprint density at radius 2 is 1.76 bits per heavy atom. The Kier molecular flexibility index (Phi) is 6.95. The van der Waals surface area contributed by atoms with Gasteiger partial charge in [0.1, 0.15) is 11.0 Å². The largest absolute Gasteiger partial charge is 0.444 e. The van der Waals surface area contributed by atoms with E-state index in [0.29, 0.717) is 19.5 Å². The van der Waals surface area contributed by atoms with Crippen LogP contribution in [0.25, 0.3) is 0 Å². The second-order valence-electron chi connectivity index (χ2n) is 4.69.